The maximum atomic E-state index is 9.08. The van der Waals surface area contributed by atoms with Crippen LogP contribution in [0.1, 0.15) is 45.4 Å². The first kappa shape index (κ1) is 9.47. The van der Waals surface area contributed by atoms with E-state index in [1.807, 2.05) is 0 Å². The lowest BCUT2D eigenvalue weighted by Gasteiger charge is -2.38. The third-order valence-corrected chi connectivity index (χ3v) is 3.59. The van der Waals surface area contributed by atoms with Gasteiger partial charge in [0.1, 0.15) is 0 Å². The Hall–Kier alpha value is -0.0800. The Morgan fingerprint density at radius 3 is 2.85 bits per heavy atom. The van der Waals surface area contributed by atoms with Gasteiger partial charge in [0.05, 0.1) is 18.3 Å². The van der Waals surface area contributed by atoms with Gasteiger partial charge in [-0.1, -0.05) is 6.92 Å². The summed E-state index contributed by atoms with van der Waals surface area (Å²) in [6.45, 7) is 2.51. The first-order valence-corrected chi connectivity index (χ1v) is 5.53. The molecule has 1 N–H and O–H groups in total. The highest BCUT2D eigenvalue weighted by atomic mass is 16.5. The van der Waals surface area contributed by atoms with Gasteiger partial charge in [-0.3, -0.25) is 0 Å². The molecule has 0 aromatic rings. The van der Waals surface area contributed by atoms with E-state index in [0.717, 1.165) is 12.3 Å². The van der Waals surface area contributed by atoms with Crippen molar-refractivity contribution in [2.24, 2.45) is 5.92 Å². The Bertz CT molecular complexity index is 177. The number of rotatable bonds is 1. The van der Waals surface area contributed by atoms with E-state index in [-0.39, 0.29) is 18.3 Å². The minimum Gasteiger partial charge on any atom is -0.394 e. The molecule has 3 unspecified atom stereocenters. The molecule has 0 aromatic heterocycles. The molecule has 0 aromatic carbocycles. The van der Waals surface area contributed by atoms with Gasteiger partial charge in [-0.2, -0.15) is 0 Å². The number of ether oxygens (including phenoxy) is 1. The number of aliphatic hydroxyl groups excluding tert-OH is 1. The van der Waals surface area contributed by atoms with Gasteiger partial charge in [0.15, 0.2) is 0 Å². The second-order valence-electron chi connectivity index (χ2n) is 4.85. The molecule has 0 amide bonds. The molecular formula is C11H20O2. The predicted molar refractivity (Wildman–Crippen MR) is 51.6 cm³/mol. The van der Waals surface area contributed by atoms with E-state index >= 15 is 0 Å². The maximum absolute atomic E-state index is 9.08. The molecule has 1 aliphatic carbocycles. The van der Waals surface area contributed by atoms with Gasteiger partial charge < -0.3 is 9.84 Å². The average molecular weight is 184 g/mol. The molecule has 2 nitrogen and oxygen atoms in total. The lowest BCUT2D eigenvalue weighted by Crippen LogP contribution is -2.40. The highest BCUT2D eigenvalue weighted by molar-refractivity contribution is 4.92. The van der Waals surface area contributed by atoms with Gasteiger partial charge in [-0.25, -0.2) is 0 Å². The molecule has 2 heteroatoms. The largest absolute Gasteiger partial charge is 0.394 e. The van der Waals surface area contributed by atoms with Crippen LogP contribution in [0.15, 0.2) is 0 Å². The Kier molecular flexibility index (Phi) is 2.61. The van der Waals surface area contributed by atoms with Gasteiger partial charge in [0.2, 0.25) is 0 Å². The van der Waals surface area contributed by atoms with Gasteiger partial charge in [0.25, 0.3) is 0 Å². The van der Waals surface area contributed by atoms with E-state index in [9.17, 15) is 0 Å². The lowest BCUT2D eigenvalue weighted by atomic mass is 9.89. The van der Waals surface area contributed by atoms with E-state index in [0.29, 0.717) is 0 Å². The van der Waals surface area contributed by atoms with Crippen molar-refractivity contribution in [3.63, 3.8) is 0 Å². The normalized spacial score (nSPS) is 45.7. The Balaban J connectivity index is 1.98. The minimum atomic E-state index is 0.124. The molecule has 0 radical (unpaired) electrons. The van der Waals surface area contributed by atoms with Crippen molar-refractivity contribution in [3.05, 3.63) is 0 Å². The fourth-order valence-electron chi connectivity index (χ4n) is 2.93. The monoisotopic (exact) mass is 184 g/mol. The SMILES string of the molecule is CC1CCC2(CCCC(CO)O2)C1. The van der Waals surface area contributed by atoms with Crippen LogP contribution in [-0.4, -0.2) is 23.4 Å². The lowest BCUT2D eigenvalue weighted by molar-refractivity contribution is -0.139. The van der Waals surface area contributed by atoms with Crippen LogP contribution >= 0.6 is 0 Å². The highest BCUT2D eigenvalue weighted by Gasteiger charge is 2.41. The van der Waals surface area contributed by atoms with Crippen molar-refractivity contribution < 1.29 is 9.84 Å². The smallest absolute Gasteiger partial charge is 0.0813 e. The van der Waals surface area contributed by atoms with Crippen LogP contribution in [0.3, 0.4) is 0 Å². The quantitative estimate of drug-likeness (QED) is 0.676. The van der Waals surface area contributed by atoms with Crippen LogP contribution < -0.4 is 0 Å². The molecule has 13 heavy (non-hydrogen) atoms. The van der Waals surface area contributed by atoms with Crippen molar-refractivity contribution in [2.75, 3.05) is 6.61 Å². The zero-order valence-corrected chi connectivity index (χ0v) is 8.46. The van der Waals surface area contributed by atoms with Gasteiger partial charge in [0, 0.05) is 0 Å². The van der Waals surface area contributed by atoms with Gasteiger partial charge in [-0.05, 0) is 44.4 Å². The summed E-state index contributed by atoms with van der Waals surface area (Å²) in [7, 11) is 0. The highest BCUT2D eigenvalue weighted by Crippen LogP contribution is 2.44. The van der Waals surface area contributed by atoms with E-state index in [1.165, 1.54) is 32.1 Å². The van der Waals surface area contributed by atoms with Crippen molar-refractivity contribution in [1.29, 1.82) is 0 Å². The molecule has 1 spiro atoms. The van der Waals surface area contributed by atoms with E-state index in [4.69, 9.17) is 9.84 Å². The second kappa shape index (κ2) is 3.58. The summed E-state index contributed by atoms with van der Waals surface area (Å²) in [5.74, 6) is 0.817. The molecule has 1 saturated carbocycles. The van der Waals surface area contributed by atoms with E-state index in [2.05, 4.69) is 6.92 Å². The zero-order chi connectivity index (χ0) is 9.31. The summed E-state index contributed by atoms with van der Waals surface area (Å²) in [6, 6.07) is 0. The third kappa shape index (κ3) is 1.89. The van der Waals surface area contributed by atoms with Crippen LogP contribution in [0.25, 0.3) is 0 Å². The molecule has 2 rings (SSSR count). The Labute approximate surface area is 80.3 Å². The Morgan fingerprint density at radius 2 is 2.23 bits per heavy atom. The molecule has 1 saturated heterocycles. The third-order valence-electron chi connectivity index (χ3n) is 3.59. The summed E-state index contributed by atoms with van der Waals surface area (Å²) in [4.78, 5) is 0. The predicted octanol–water partition coefficient (Wildman–Crippen LogP) is 2.11. The summed E-state index contributed by atoms with van der Waals surface area (Å²) in [5, 5.41) is 9.08. The molecule has 1 heterocycles. The van der Waals surface area contributed by atoms with Crippen LogP contribution in [0.4, 0.5) is 0 Å². The van der Waals surface area contributed by atoms with Gasteiger partial charge in [-0.15, -0.1) is 0 Å². The second-order valence-corrected chi connectivity index (χ2v) is 4.85. The van der Waals surface area contributed by atoms with Crippen LogP contribution in [-0.2, 0) is 4.74 Å². The zero-order valence-electron chi connectivity index (χ0n) is 8.46. The van der Waals surface area contributed by atoms with Gasteiger partial charge >= 0.3 is 0 Å². The Morgan fingerprint density at radius 1 is 1.38 bits per heavy atom. The topological polar surface area (TPSA) is 29.5 Å². The average Bonchev–Trinajstić information content (AvgIpc) is 2.47. The molecule has 3 atom stereocenters. The molecule has 2 aliphatic rings. The fourth-order valence-corrected chi connectivity index (χ4v) is 2.93. The van der Waals surface area contributed by atoms with Crippen molar-refractivity contribution in [2.45, 2.75) is 57.2 Å². The van der Waals surface area contributed by atoms with Crippen molar-refractivity contribution >= 4 is 0 Å². The minimum absolute atomic E-state index is 0.124. The number of hydrogen-bond acceptors (Lipinski definition) is 2. The molecule has 2 fully saturated rings. The molecule has 1 aliphatic heterocycles. The summed E-state index contributed by atoms with van der Waals surface area (Å²) in [6.07, 6.45) is 7.35. The van der Waals surface area contributed by atoms with Crippen LogP contribution in [0, 0.1) is 5.92 Å². The summed E-state index contributed by atoms with van der Waals surface area (Å²) in [5.41, 5.74) is 0.158. The first-order chi connectivity index (χ1) is 6.24. The van der Waals surface area contributed by atoms with Crippen molar-refractivity contribution in [3.8, 4) is 0 Å². The van der Waals surface area contributed by atoms with E-state index in [1.54, 1.807) is 0 Å². The molecular weight excluding hydrogens is 164 g/mol. The van der Waals surface area contributed by atoms with Crippen LogP contribution in [0.2, 0.25) is 0 Å². The maximum Gasteiger partial charge on any atom is 0.0813 e. The van der Waals surface area contributed by atoms with Crippen LogP contribution in [0.5, 0.6) is 0 Å². The fraction of sp³-hybridized carbons (Fsp3) is 1.00. The first-order valence-electron chi connectivity index (χ1n) is 5.53. The summed E-state index contributed by atoms with van der Waals surface area (Å²) < 4.78 is 6.00. The summed E-state index contributed by atoms with van der Waals surface area (Å²) >= 11 is 0. The van der Waals surface area contributed by atoms with Crippen molar-refractivity contribution in [1.82, 2.24) is 0 Å². The number of aliphatic hydroxyl groups is 1. The number of hydrogen-bond donors (Lipinski definition) is 1. The van der Waals surface area contributed by atoms with E-state index < -0.39 is 0 Å². The standard InChI is InChI=1S/C11H20O2/c1-9-4-6-11(7-9)5-2-3-10(8-12)13-11/h9-10,12H,2-8H2,1H3. The molecule has 76 valence electrons. The molecule has 0 bridgehead atoms.